The highest BCUT2D eigenvalue weighted by Gasteiger charge is 2.28. The first-order chi connectivity index (χ1) is 9.09. The molecule has 1 fully saturated rings. The zero-order chi connectivity index (χ0) is 13.8. The normalized spacial score (nSPS) is 18.5. The summed E-state index contributed by atoms with van der Waals surface area (Å²) < 4.78 is 25.4. The lowest BCUT2D eigenvalue weighted by Gasteiger charge is -2.32. The number of carbonyl (C=O) groups is 1. The number of alkyl halides is 2. The number of likely N-dealkylation sites (tertiary alicyclic amines) is 1. The van der Waals surface area contributed by atoms with Crippen molar-refractivity contribution in [2.24, 2.45) is 0 Å². The molecule has 2 rings (SSSR count). The van der Waals surface area contributed by atoms with Crippen LogP contribution in [0.5, 0.6) is 0 Å². The van der Waals surface area contributed by atoms with Crippen molar-refractivity contribution in [3.05, 3.63) is 35.4 Å². The molecular formula is C14H17F2NO2. The molecular weight excluding hydrogens is 252 g/mol. The van der Waals surface area contributed by atoms with E-state index < -0.39 is 18.4 Å². The molecule has 0 bridgehead atoms. The van der Waals surface area contributed by atoms with Gasteiger partial charge in [0.2, 0.25) is 0 Å². The number of piperidine rings is 1. The Morgan fingerprint density at radius 1 is 1.16 bits per heavy atom. The molecule has 1 saturated heterocycles. The second-order valence-corrected chi connectivity index (χ2v) is 4.81. The van der Waals surface area contributed by atoms with Gasteiger partial charge in [-0.1, -0.05) is 24.6 Å². The fraction of sp³-hybridized carbons (Fsp3) is 0.500. The molecule has 1 unspecified atom stereocenters. The summed E-state index contributed by atoms with van der Waals surface area (Å²) in [7, 11) is 0. The van der Waals surface area contributed by atoms with Crippen LogP contribution in [-0.4, -0.2) is 29.1 Å². The number of aliphatic carboxylic acids is 1. The molecule has 1 aliphatic rings. The standard InChI is InChI=1S/C14H17F2NO2/c15-13(16)11-6-4-5-10(9-11)12(14(18)19)17-7-2-1-3-8-17/h4-6,9,12-13H,1-3,7-8H2,(H,18,19). The molecule has 0 saturated carbocycles. The Balaban J connectivity index is 2.27. The summed E-state index contributed by atoms with van der Waals surface area (Å²) in [4.78, 5) is 13.3. The van der Waals surface area contributed by atoms with Crippen molar-refractivity contribution in [2.75, 3.05) is 13.1 Å². The molecule has 0 radical (unpaired) electrons. The van der Waals surface area contributed by atoms with E-state index in [0.29, 0.717) is 18.7 Å². The van der Waals surface area contributed by atoms with Crippen molar-refractivity contribution in [1.29, 1.82) is 0 Å². The van der Waals surface area contributed by atoms with E-state index in [0.717, 1.165) is 19.3 Å². The number of carboxylic acids is 1. The molecule has 104 valence electrons. The molecule has 1 aliphatic heterocycles. The highest BCUT2D eigenvalue weighted by molar-refractivity contribution is 5.75. The lowest BCUT2D eigenvalue weighted by molar-refractivity contribution is -0.144. The molecule has 1 heterocycles. The molecule has 0 amide bonds. The summed E-state index contributed by atoms with van der Waals surface area (Å²) in [6.07, 6.45) is 0.437. The first-order valence-corrected chi connectivity index (χ1v) is 6.44. The molecule has 5 heteroatoms. The zero-order valence-electron chi connectivity index (χ0n) is 10.6. The summed E-state index contributed by atoms with van der Waals surface area (Å²) in [5.74, 6) is -0.978. The summed E-state index contributed by atoms with van der Waals surface area (Å²) in [5.41, 5.74) is 0.313. The Morgan fingerprint density at radius 3 is 2.37 bits per heavy atom. The van der Waals surface area contributed by atoms with Crippen molar-refractivity contribution >= 4 is 5.97 Å². The maximum absolute atomic E-state index is 12.7. The SMILES string of the molecule is O=C(O)C(c1cccc(C(F)F)c1)N1CCCCC1. The fourth-order valence-corrected chi connectivity index (χ4v) is 2.55. The summed E-state index contributed by atoms with van der Waals surface area (Å²) in [6, 6.07) is 4.91. The predicted octanol–water partition coefficient (Wildman–Crippen LogP) is 3.24. The number of nitrogens with zero attached hydrogens (tertiary/aromatic N) is 1. The minimum absolute atomic E-state index is 0.124. The average molecular weight is 269 g/mol. The number of hydrogen-bond donors (Lipinski definition) is 1. The Kier molecular flexibility index (Phi) is 4.47. The minimum Gasteiger partial charge on any atom is -0.480 e. The van der Waals surface area contributed by atoms with Crippen LogP contribution in [0.25, 0.3) is 0 Å². The van der Waals surface area contributed by atoms with Gasteiger partial charge in [0, 0.05) is 5.56 Å². The summed E-state index contributed by atoms with van der Waals surface area (Å²) >= 11 is 0. The quantitative estimate of drug-likeness (QED) is 0.912. The van der Waals surface area contributed by atoms with Crippen LogP contribution in [0.15, 0.2) is 24.3 Å². The second-order valence-electron chi connectivity index (χ2n) is 4.81. The van der Waals surface area contributed by atoms with Gasteiger partial charge in [-0.15, -0.1) is 0 Å². The van der Waals surface area contributed by atoms with Crippen molar-refractivity contribution in [3.63, 3.8) is 0 Å². The highest BCUT2D eigenvalue weighted by Crippen LogP contribution is 2.28. The Hall–Kier alpha value is -1.49. The van der Waals surface area contributed by atoms with Gasteiger partial charge in [0.25, 0.3) is 6.43 Å². The predicted molar refractivity (Wildman–Crippen MR) is 67.2 cm³/mol. The van der Waals surface area contributed by atoms with E-state index in [9.17, 15) is 18.7 Å². The van der Waals surface area contributed by atoms with E-state index in [1.807, 2.05) is 4.90 Å². The number of carboxylic acid groups (broad SMARTS) is 1. The highest BCUT2D eigenvalue weighted by atomic mass is 19.3. The third-order valence-corrected chi connectivity index (χ3v) is 3.47. The smallest absolute Gasteiger partial charge is 0.325 e. The average Bonchev–Trinajstić information content (AvgIpc) is 2.40. The van der Waals surface area contributed by atoms with Gasteiger partial charge in [-0.2, -0.15) is 0 Å². The van der Waals surface area contributed by atoms with Crippen molar-refractivity contribution in [1.82, 2.24) is 4.90 Å². The van der Waals surface area contributed by atoms with Gasteiger partial charge in [0.1, 0.15) is 6.04 Å². The van der Waals surface area contributed by atoms with Crippen molar-refractivity contribution in [3.8, 4) is 0 Å². The van der Waals surface area contributed by atoms with Gasteiger partial charge < -0.3 is 5.11 Å². The first-order valence-electron chi connectivity index (χ1n) is 6.44. The van der Waals surface area contributed by atoms with Crippen LogP contribution in [0, 0.1) is 0 Å². The van der Waals surface area contributed by atoms with Gasteiger partial charge >= 0.3 is 5.97 Å². The molecule has 19 heavy (non-hydrogen) atoms. The van der Waals surface area contributed by atoms with E-state index >= 15 is 0 Å². The van der Waals surface area contributed by atoms with Crippen LogP contribution < -0.4 is 0 Å². The van der Waals surface area contributed by atoms with Gasteiger partial charge in [0.05, 0.1) is 0 Å². The van der Waals surface area contributed by atoms with E-state index in [-0.39, 0.29) is 5.56 Å². The maximum Gasteiger partial charge on any atom is 0.325 e. The van der Waals surface area contributed by atoms with Crippen LogP contribution in [-0.2, 0) is 4.79 Å². The molecule has 1 aromatic carbocycles. The van der Waals surface area contributed by atoms with Crippen LogP contribution in [0.3, 0.4) is 0 Å². The molecule has 0 aromatic heterocycles. The van der Waals surface area contributed by atoms with Crippen LogP contribution in [0.4, 0.5) is 8.78 Å². The topological polar surface area (TPSA) is 40.5 Å². The van der Waals surface area contributed by atoms with Gasteiger partial charge in [-0.05, 0) is 37.6 Å². The second kappa shape index (κ2) is 6.10. The lowest BCUT2D eigenvalue weighted by Crippen LogP contribution is -2.37. The molecule has 0 aliphatic carbocycles. The van der Waals surface area contributed by atoms with E-state index in [4.69, 9.17) is 0 Å². The van der Waals surface area contributed by atoms with Gasteiger partial charge in [0.15, 0.2) is 0 Å². The Morgan fingerprint density at radius 2 is 1.79 bits per heavy atom. The molecule has 3 nitrogen and oxygen atoms in total. The van der Waals surface area contributed by atoms with E-state index in [2.05, 4.69) is 0 Å². The minimum atomic E-state index is -2.57. The maximum atomic E-state index is 12.7. The Labute approximate surface area is 110 Å². The molecule has 1 aromatic rings. The largest absolute Gasteiger partial charge is 0.480 e. The summed E-state index contributed by atoms with van der Waals surface area (Å²) in [5, 5.41) is 9.38. The van der Waals surface area contributed by atoms with Crippen molar-refractivity contribution in [2.45, 2.75) is 31.7 Å². The van der Waals surface area contributed by atoms with Crippen LogP contribution in [0.1, 0.15) is 42.9 Å². The van der Waals surface area contributed by atoms with E-state index in [1.165, 1.54) is 18.2 Å². The van der Waals surface area contributed by atoms with Crippen molar-refractivity contribution < 1.29 is 18.7 Å². The van der Waals surface area contributed by atoms with E-state index in [1.54, 1.807) is 6.07 Å². The first kappa shape index (κ1) is 13.9. The Bertz CT molecular complexity index is 445. The fourth-order valence-electron chi connectivity index (χ4n) is 2.55. The summed E-state index contributed by atoms with van der Waals surface area (Å²) in [6.45, 7) is 1.41. The number of hydrogen-bond acceptors (Lipinski definition) is 2. The van der Waals surface area contributed by atoms with Crippen LogP contribution in [0.2, 0.25) is 0 Å². The molecule has 0 spiro atoms. The molecule has 1 atom stereocenters. The van der Waals surface area contributed by atoms with Gasteiger partial charge in [-0.3, -0.25) is 9.69 Å². The number of benzene rings is 1. The molecule has 1 N–H and O–H groups in total. The van der Waals surface area contributed by atoms with Crippen LogP contribution >= 0.6 is 0 Å². The third kappa shape index (κ3) is 3.29. The zero-order valence-corrected chi connectivity index (χ0v) is 10.6. The lowest BCUT2D eigenvalue weighted by atomic mass is 10.00. The monoisotopic (exact) mass is 269 g/mol. The van der Waals surface area contributed by atoms with Gasteiger partial charge in [-0.25, -0.2) is 8.78 Å². The number of halogens is 2. The third-order valence-electron chi connectivity index (χ3n) is 3.47. The number of rotatable bonds is 4.